The van der Waals surface area contributed by atoms with Gasteiger partial charge in [-0.2, -0.15) is 0 Å². The summed E-state index contributed by atoms with van der Waals surface area (Å²) in [6.45, 7) is 0. The Labute approximate surface area is 108 Å². The van der Waals surface area contributed by atoms with Crippen molar-refractivity contribution in [2.75, 3.05) is 5.32 Å². The third kappa shape index (κ3) is 3.24. The molecule has 18 heavy (non-hydrogen) atoms. The highest BCUT2D eigenvalue weighted by Gasteiger charge is 2.09. The third-order valence-electron chi connectivity index (χ3n) is 2.18. The Kier molecular flexibility index (Phi) is 3.84. The lowest BCUT2D eigenvalue weighted by Gasteiger charge is -2.04. The Morgan fingerprint density at radius 2 is 2.06 bits per heavy atom. The molecule has 0 aliphatic heterocycles. The van der Waals surface area contributed by atoms with Crippen LogP contribution in [-0.4, -0.2) is 15.9 Å². The Bertz CT molecular complexity index is 563. The number of hydrogen-bond donors (Lipinski definition) is 1. The number of halogens is 2. The Balaban J connectivity index is 2.03. The molecular formula is C12H9ClFN3O. The molecule has 6 heteroatoms. The number of carbonyl (C=O) groups is 1. The highest BCUT2D eigenvalue weighted by molar-refractivity contribution is 6.30. The van der Waals surface area contributed by atoms with Crippen LogP contribution in [-0.2, 0) is 11.2 Å². The van der Waals surface area contributed by atoms with Crippen LogP contribution in [0.25, 0.3) is 0 Å². The second-order valence-electron chi connectivity index (χ2n) is 3.53. The number of rotatable bonds is 3. The highest BCUT2D eigenvalue weighted by atomic mass is 35.5. The monoisotopic (exact) mass is 265 g/mol. The van der Waals surface area contributed by atoms with Crippen molar-refractivity contribution in [2.24, 2.45) is 0 Å². The summed E-state index contributed by atoms with van der Waals surface area (Å²) in [5, 5.41) is 2.77. The maximum atomic E-state index is 13.5. The van der Waals surface area contributed by atoms with Gasteiger partial charge in [0.2, 0.25) is 11.9 Å². The summed E-state index contributed by atoms with van der Waals surface area (Å²) in [4.78, 5) is 19.3. The SMILES string of the molecule is O=C(Cc1ccc(Cl)cc1F)Nc1ncccn1. The number of carbonyl (C=O) groups excluding carboxylic acids is 1. The molecule has 1 aromatic heterocycles. The third-order valence-corrected chi connectivity index (χ3v) is 2.42. The zero-order valence-corrected chi connectivity index (χ0v) is 9.99. The molecular weight excluding hydrogens is 257 g/mol. The van der Waals surface area contributed by atoms with Gasteiger partial charge in [-0.05, 0) is 23.8 Å². The van der Waals surface area contributed by atoms with E-state index in [2.05, 4.69) is 15.3 Å². The second-order valence-corrected chi connectivity index (χ2v) is 3.97. The van der Waals surface area contributed by atoms with Gasteiger partial charge in [-0.1, -0.05) is 17.7 Å². The van der Waals surface area contributed by atoms with Crippen LogP contribution in [0.4, 0.5) is 10.3 Å². The Morgan fingerprint density at radius 3 is 2.72 bits per heavy atom. The molecule has 1 heterocycles. The number of amides is 1. The second kappa shape index (κ2) is 5.55. The average molecular weight is 266 g/mol. The van der Waals surface area contributed by atoms with E-state index in [1.807, 2.05) is 0 Å². The quantitative estimate of drug-likeness (QED) is 0.927. The number of hydrogen-bond acceptors (Lipinski definition) is 3. The lowest BCUT2D eigenvalue weighted by atomic mass is 10.1. The van der Waals surface area contributed by atoms with Crippen molar-refractivity contribution in [3.63, 3.8) is 0 Å². The predicted molar refractivity (Wildman–Crippen MR) is 65.8 cm³/mol. The molecule has 1 aromatic carbocycles. The van der Waals surface area contributed by atoms with Crippen molar-refractivity contribution in [3.05, 3.63) is 53.1 Å². The maximum absolute atomic E-state index is 13.5. The molecule has 0 radical (unpaired) electrons. The zero-order valence-electron chi connectivity index (χ0n) is 9.23. The van der Waals surface area contributed by atoms with Crippen molar-refractivity contribution < 1.29 is 9.18 Å². The van der Waals surface area contributed by atoms with E-state index in [0.29, 0.717) is 5.02 Å². The lowest BCUT2D eigenvalue weighted by molar-refractivity contribution is -0.115. The van der Waals surface area contributed by atoms with Gasteiger partial charge in [0.1, 0.15) is 5.82 Å². The van der Waals surface area contributed by atoms with Crippen LogP contribution in [0.3, 0.4) is 0 Å². The minimum Gasteiger partial charge on any atom is -0.294 e. The molecule has 1 amide bonds. The van der Waals surface area contributed by atoms with E-state index in [1.165, 1.54) is 30.6 Å². The fourth-order valence-corrected chi connectivity index (χ4v) is 1.53. The summed E-state index contributed by atoms with van der Waals surface area (Å²) in [6, 6.07) is 5.81. The standard InChI is InChI=1S/C12H9ClFN3O/c13-9-3-2-8(10(14)7-9)6-11(18)17-12-15-4-1-5-16-12/h1-5,7H,6H2,(H,15,16,17,18). The Hall–Kier alpha value is -2.01. The largest absolute Gasteiger partial charge is 0.294 e. The van der Waals surface area contributed by atoms with E-state index in [4.69, 9.17) is 11.6 Å². The summed E-state index contributed by atoms with van der Waals surface area (Å²) >= 11 is 5.62. The number of anilines is 1. The molecule has 0 saturated carbocycles. The smallest absolute Gasteiger partial charge is 0.231 e. The molecule has 0 unspecified atom stereocenters. The van der Waals surface area contributed by atoms with Crippen LogP contribution in [0.5, 0.6) is 0 Å². The molecule has 0 saturated heterocycles. The number of benzene rings is 1. The van der Waals surface area contributed by atoms with E-state index in [0.717, 1.165) is 0 Å². The lowest BCUT2D eigenvalue weighted by Crippen LogP contribution is -2.16. The van der Waals surface area contributed by atoms with Gasteiger partial charge in [0, 0.05) is 17.4 Å². The average Bonchev–Trinajstić information content (AvgIpc) is 2.34. The van der Waals surface area contributed by atoms with Gasteiger partial charge in [0.05, 0.1) is 6.42 Å². The highest BCUT2D eigenvalue weighted by Crippen LogP contribution is 2.15. The molecule has 0 spiro atoms. The van der Waals surface area contributed by atoms with Crippen LogP contribution >= 0.6 is 11.6 Å². The number of aromatic nitrogens is 2. The number of nitrogens with one attached hydrogen (secondary N) is 1. The van der Waals surface area contributed by atoms with Crippen LogP contribution in [0.1, 0.15) is 5.56 Å². The molecule has 0 fully saturated rings. The molecule has 4 nitrogen and oxygen atoms in total. The van der Waals surface area contributed by atoms with Crippen LogP contribution < -0.4 is 5.32 Å². The van der Waals surface area contributed by atoms with Crippen LogP contribution in [0.2, 0.25) is 5.02 Å². The Morgan fingerprint density at radius 1 is 1.33 bits per heavy atom. The molecule has 0 aliphatic rings. The minimum atomic E-state index is -0.508. The van der Waals surface area contributed by atoms with Crippen molar-refractivity contribution in [1.82, 2.24) is 9.97 Å². The van der Waals surface area contributed by atoms with E-state index >= 15 is 0 Å². The van der Waals surface area contributed by atoms with Gasteiger partial charge in [-0.15, -0.1) is 0 Å². The van der Waals surface area contributed by atoms with Crippen molar-refractivity contribution in [3.8, 4) is 0 Å². The molecule has 2 aromatic rings. The predicted octanol–water partition coefficient (Wildman–Crippen LogP) is 2.45. The normalized spacial score (nSPS) is 10.1. The molecule has 0 aliphatic carbocycles. The number of nitrogens with zero attached hydrogens (tertiary/aromatic N) is 2. The van der Waals surface area contributed by atoms with Crippen LogP contribution in [0.15, 0.2) is 36.7 Å². The van der Waals surface area contributed by atoms with E-state index < -0.39 is 5.82 Å². The molecule has 0 bridgehead atoms. The fourth-order valence-electron chi connectivity index (χ4n) is 1.37. The van der Waals surface area contributed by atoms with Gasteiger partial charge in [0.25, 0.3) is 0 Å². The first-order valence-corrected chi connectivity index (χ1v) is 5.54. The fraction of sp³-hybridized carbons (Fsp3) is 0.0833. The summed E-state index contributed by atoms with van der Waals surface area (Å²) in [5.74, 6) is -0.703. The molecule has 0 atom stereocenters. The van der Waals surface area contributed by atoms with Gasteiger partial charge >= 0.3 is 0 Å². The summed E-state index contributed by atoms with van der Waals surface area (Å²) in [6.07, 6.45) is 2.91. The summed E-state index contributed by atoms with van der Waals surface area (Å²) in [7, 11) is 0. The van der Waals surface area contributed by atoms with Crippen molar-refractivity contribution in [2.45, 2.75) is 6.42 Å². The maximum Gasteiger partial charge on any atom is 0.231 e. The van der Waals surface area contributed by atoms with Gasteiger partial charge in [-0.25, -0.2) is 14.4 Å². The minimum absolute atomic E-state index is 0.0960. The van der Waals surface area contributed by atoms with Crippen LogP contribution in [0, 0.1) is 5.82 Å². The van der Waals surface area contributed by atoms with Gasteiger partial charge < -0.3 is 0 Å². The molecule has 92 valence electrons. The molecule has 1 N–H and O–H groups in total. The first kappa shape index (κ1) is 12.4. The van der Waals surface area contributed by atoms with E-state index in [1.54, 1.807) is 6.07 Å². The summed E-state index contributed by atoms with van der Waals surface area (Å²) in [5.41, 5.74) is 0.271. The first-order valence-electron chi connectivity index (χ1n) is 5.16. The van der Waals surface area contributed by atoms with Gasteiger partial charge in [-0.3, -0.25) is 10.1 Å². The summed E-state index contributed by atoms with van der Waals surface area (Å²) < 4.78 is 13.5. The topological polar surface area (TPSA) is 54.9 Å². The van der Waals surface area contributed by atoms with Crippen molar-refractivity contribution in [1.29, 1.82) is 0 Å². The van der Waals surface area contributed by atoms with Gasteiger partial charge in [0.15, 0.2) is 0 Å². The molecule has 2 rings (SSSR count). The van der Waals surface area contributed by atoms with Crippen molar-refractivity contribution >= 4 is 23.5 Å². The zero-order chi connectivity index (χ0) is 13.0. The van der Waals surface area contributed by atoms with E-state index in [9.17, 15) is 9.18 Å². The van der Waals surface area contributed by atoms with E-state index in [-0.39, 0.29) is 23.8 Å². The first-order chi connectivity index (χ1) is 8.65.